The maximum atomic E-state index is 11.6. The van der Waals surface area contributed by atoms with Gasteiger partial charge in [-0.1, -0.05) is 18.7 Å². The summed E-state index contributed by atoms with van der Waals surface area (Å²) in [5.41, 5.74) is 0.837. The van der Waals surface area contributed by atoms with E-state index >= 15 is 0 Å². The van der Waals surface area contributed by atoms with Gasteiger partial charge < -0.3 is 14.5 Å². The van der Waals surface area contributed by atoms with Crippen LogP contribution in [-0.4, -0.2) is 35.9 Å². The maximum Gasteiger partial charge on any atom is 0.323 e. The molecule has 5 nitrogen and oxygen atoms in total. The first-order chi connectivity index (χ1) is 8.17. The van der Waals surface area contributed by atoms with Crippen LogP contribution in [0.4, 0.5) is 0 Å². The van der Waals surface area contributed by atoms with Crippen molar-refractivity contribution in [2.75, 3.05) is 18.9 Å². The number of nitrogens with one attached hydrogen (secondary N) is 1. The Hall–Kier alpha value is -1.01. The van der Waals surface area contributed by atoms with Crippen LogP contribution in [0.25, 0.3) is 0 Å². The van der Waals surface area contributed by atoms with Gasteiger partial charge in [0.05, 0.1) is 12.3 Å². The molecule has 0 amide bonds. The molecule has 1 N–H and O–H groups in total. The fraction of sp³-hybridized carbons (Fsp3) is 0.636. The number of thioether (sulfide) groups is 1. The Kier molecular flexibility index (Phi) is 6.07. The van der Waals surface area contributed by atoms with Crippen molar-refractivity contribution >= 4 is 17.7 Å². The van der Waals surface area contributed by atoms with E-state index in [4.69, 9.17) is 9.15 Å². The molecule has 0 aromatic carbocycles. The molecular formula is C11H18N2O3S. The van der Waals surface area contributed by atoms with E-state index in [2.05, 4.69) is 10.3 Å². The smallest absolute Gasteiger partial charge is 0.323 e. The fourth-order valence-electron chi connectivity index (χ4n) is 1.25. The molecule has 0 radical (unpaired) electrons. The van der Waals surface area contributed by atoms with Crippen molar-refractivity contribution in [2.24, 2.45) is 0 Å². The zero-order valence-electron chi connectivity index (χ0n) is 10.4. The topological polar surface area (TPSA) is 64.4 Å². The Morgan fingerprint density at radius 3 is 2.94 bits per heavy atom. The average molecular weight is 258 g/mol. The second kappa shape index (κ2) is 7.34. The number of hydrogen-bond donors (Lipinski definition) is 1. The molecule has 0 spiro atoms. The van der Waals surface area contributed by atoms with Gasteiger partial charge in [0, 0.05) is 5.75 Å². The normalized spacial score (nSPS) is 12.4. The molecule has 1 rings (SSSR count). The molecule has 0 aliphatic heterocycles. The van der Waals surface area contributed by atoms with Gasteiger partial charge in [0.25, 0.3) is 5.22 Å². The van der Waals surface area contributed by atoms with Crippen LogP contribution in [0.5, 0.6) is 0 Å². The number of carbonyl (C=O) groups is 1. The van der Waals surface area contributed by atoms with E-state index in [0.29, 0.717) is 24.1 Å². The van der Waals surface area contributed by atoms with Gasteiger partial charge in [-0.05, 0) is 20.4 Å². The first-order valence-electron chi connectivity index (χ1n) is 5.62. The highest BCUT2D eigenvalue weighted by Gasteiger charge is 2.19. The molecular weight excluding hydrogens is 240 g/mol. The molecule has 1 aromatic rings. The summed E-state index contributed by atoms with van der Waals surface area (Å²) in [4.78, 5) is 15.8. The van der Waals surface area contributed by atoms with E-state index in [-0.39, 0.29) is 12.0 Å². The molecule has 96 valence electrons. The molecule has 17 heavy (non-hydrogen) atoms. The Morgan fingerprint density at radius 2 is 2.41 bits per heavy atom. The molecule has 1 heterocycles. The lowest BCUT2D eigenvalue weighted by atomic mass is 10.3. The van der Waals surface area contributed by atoms with Crippen LogP contribution >= 0.6 is 11.8 Å². The van der Waals surface area contributed by atoms with Crippen LogP contribution in [0.1, 0.15) is 19.5 Å². The third kappa shape index (κ3) is 4.79. The molecule has 0 saturated heterocycles. The number of hydrogen-bond acceptors (Lipinski definition) is 6. The van der Waals surface area contributed by atoms with Gasteiger partial charge in [0.2, 0.25) is 0 Å². The van der Waals surface area contributed by atoms with Gasteiger partial charge in [-0.2, -0.15) is 0 Å². The molecule has 1 unspecified atom stereocenters. The lowest BCUT2D eigenvalue weighted by Gasteiger charge is -2.14. The SMILES string of the molecule is CCNC(CSc1nc(C)co1)C(=O)OCC. The Morgan fingerprint density at radius 1 is 1.65 bits per heavy atom. The van der Waals surface area contributed by atoms with Crippen molar-refractivity contribution in [1.29, 1.82) is 0 Å². The Balaban J connectivity index is 2.46. The van der Waals surface area contributed by atoms with Crippen molar-refractivity contribution in [3.05, 3.63) is 12.0 Å². The van der Waals surface area contributed by atoms with E-state index < -0.39 is 0 Å². The summed E-state index contributed by atoms with van der Waals surface area (Å²) in [5, 5.41) is 3.66. The summed E-state index contributed by atoms with van der Waals surface area (Å²) in [5.74, 6) is 0.317. The minimum absolute atomic E-state index is 0.231. The Labute approximate surface area is 105 Å². The Bertz CT molecular complexity index is 354. The standard InChI is InChI=1S/C11H18N2O3S/c1-4-12-9(10(14)15-5-2)7-17-11-13-8(3)6-16-11/h6,9,12H,4-5,7H2,1-3H3. The highest BCUT2D eigenvalue weighted by atomic mass is 32.2. The molecule has 1 aromatic heterocycles. The lowest BCUT2D eigenvalue weighted by molar-refractivity contribution is -0.144. The first-order valence-corrected chi connectivity index (χ1v) is 6.60. The van der Waals surface area contributed by atoms with E-state index in [1.165, 1.54) is 11.8 Å². The quantitative estimate of drug-likeness (QED) is 0.592. The summed E-state index contributed by atoms with van der Waals surface area (Å²) >= 11 is 1.40. The number of aryl methyl sites for hydroxylation is 1. The summed E-state index contributed by atoms with van der Waals surface area (Å²) in [7, 11) is 0. The van der Waals surface area contributed by atoms with Gasteiger partial charge in [-0.3, -0.25) is 4.79 Å². The van der Waals surface area contributed by atoms with Crippen LogP contribution in [0, 0.1) is 6.92 Å². The number of aromatic nitrogens is 1. The van der Waals surface area contributed by atoms with Crippen molar-refractivity contribution in [3.63, 3.8) is 0 Å². The number of nitrogens with zero attached hydrogens (tertiary/aromatic N) is 1. The zero-order chi connectivity index (χ0) is 12.7. The van der Waals surface area contributed by atoms with Gasteiger partial charge in [0.1, 0.15) is 12.3 Å². The minimum atomic E-state index is -0.322. The fourth-order valence-corrected chi connectivity index (χ4v) is 2.14. The maximum absolute atomic E-state index is 11.6. The molecule has 0 saturated carbocycles. The van der Waals surface area contributed by atoms with Crippen LogP contribution in [0.15, 0.2) is 15.9 Å². The molecule has 0 fully saturated rings. The van der Waals surface area contributed by atoms with Crippen molar-refractivity contribution in [1.82, 2.24) is 10.3 Å². The summed E-state index contributed by atoms with van der Waals surface area (Å²) < 4.78 is 10.2. The van der Waals surface area contributed by atoms with Crippen molar-refractivity contribution in [3.8, 4) is 0 Å². The van der Waals surface area contributed by atoms with Gasteiger partial charge in [-0.25, -0.2) is 4.98 Å². The van der Waals surface area contributed by atoms with Crippen molar-refractivity contribution < 1.29 is 13.9 Å². The highest BCUT2D eigenvalue weighted by Crippen LogP contribution is 2.18. The summed E-state index contributed by atoms with van der Waals surface area (Å²) in [6, 6.07) is -0.322. The van der Waals surface area contributed by atoms with Gasteiger partial charge >= 0.3 is 5.97 Å². The molecule has 0 bridgehead atoms. The summed E-state index contributed by atoms with van der Waals surface area (Å²) in [6.07, 6.45) is 1.59. The number of oxazole rings is 1. The van der Waals surface area contributed by atoms with E-state index in [1.54, 1.807) is 13.2 Å². The largest absolute Gasteiger partial charge is 0.465 e. The second-order valence-electron chi connectivity index (χ2n) is 3.43. The number of rotatable bonds is 7. The van der Waals surface area contributed by atoms with Crippen LogP contribution in [0.3, 0.4) is 0 Å². The number of ether oxygens (including phenoxy) is 1. The van der Waals surface area contributed by atoms with Crippen LogP contribution < -0.4 is 5.32 Å². The summed E-state index contributed by atoms with van der Waals surface area (Å²) in [6.45, 7) is 6.72. The predicted octanol–water partition coefficient (Wildman–Crippen LogP) is 1.62. The molecule has 1 atom stereocenters. The van der Waals surface area contributed by atoms with Gasteiger partial charge in [0.15, 0.2) is 0 Å². The number of esters is 1. The number of likely N-dealkylation sites (N-methyl/N-ethyl adjacent to an activating group) is 1. The average Bonchev–Trinajstić information content (AvgIpc) is 2.70. The second-order valence-corrected chi connectivity index (χ2v) is 4.40. The highest BCUT2D eigenvalue weighted by molar-refractivity contribution is 7.99. The van der Waals surface area contributed by atoms with E-state index in [9.17, 15) is 4.79 Å². The van der Waals surface area contributed by atoms with Crippen LogP contribution in [0.2, 0.25) is 0 Å². The lowest BCUT2D eigenvalue weighted by Crippen LogP contribution is -2.40. The zero-order valence-corrected chi connectivity index (χ0v) is 11.2. The molecule has 0 aliphatic rings. The molecule has 6 heteroatoms. The third-order valence-corrected chi connectivity index (χ3v) is 2.93. The van der Waals surface area contributed by atoms with E-state index in [0.717, 1.165) is 5.69 Å². The third-order valence-electron chi connectivity index (χ3n) is 1.99. The van der Waals surface area contributed by atoms with Crippen molar-refractivity contribution in [2.45, 2.75) is 32.0 Å². The van der Waals surface area contributed by atoms with E-state index in [1.807, 2.05) is 13.8 Å². The van der Waals surface area contributed by atoms with Gasteiger partial charge in [-0.15, -0.1) is 0 Å². The minimum Gasteiger partial charge on any atom is -0.465 e. The first kappa shape index (κ1) is 14.1. The predicted molar refractivity (Wildman–Crippen MR) is 66.1 cm³/mol. The molecule has 0 aliphatic carbocycles. The number of carbonyl (C=O) groups excluding carboxylic acids is 1. The van der Waals surface area contributed by atoms with Crippen LogP contribution in [-0.2, 0) is 9.53 Å². The monoisotopic (exact) mass is 258 g/mol.